The largest absolute Gasteiger partial charge is 0.492 e. The van der Waals surface area contributed by atoms with Gasteiger partial charge < -0.3 is 24.8 Å². The smallest absolute Gasteiger partial charge is 0.333 e. The van der Waals surface area contributed by atoms with Crippen molar-refractivity contribution < 1.29 is 24.2 Å². The Labute approximate surface area is 174 Å². The molecular weight excluding hydrogens is 372 g/mol. The van der Waals surface area contributed by atoms with Crippen molar-refractivity contribution in [3.63, 3.8) is 0 Å². The molecule has 2 amide bonds. The van der Waals surface area contributed by atoms with Gasteiger partial charge in [0, 0.05) is 26.1 Å². The average molecular weight is 409 g/mol. The summed E-state index contributed by atoms with van der Waals surface area (Å²) in [7, 11) is 0. The molecule has 0 radical (unpaired) electrons. The number of carboxylic acids is 1. The van der Waals surface area contributed by atoms with Crippen molar-refractivity contribution in [1.82, 2.24) is 10.2 Å². The van der Waals surface area contributed by atoms with Crippen LogP contribution in [0.2, 0.25) is 0 Å². The predicted octanol–water partition coefficient (Wildman–Crippen LogP) is 3.71. The minimum absolute atomic E-state index is 0.0439. The van der Waals surface area contributed by atoms with Crippen LogP contribution in [0.4, 0.5) is 4.79 Å². The zero-order valence-electron chi connectivity index (χ0n) is 18.0. The van der Waals surface area contributed by atoms with Gasteiger partial charge in [0.1, 0.15) is 12.4 Å². The van der Waals surface area contributed by atoms with E-state index < -0.39 is 12.1 Å². The highest BCUT2D eigenvalue weighted by atomic mass is 16.5. The van der Waals surface area contributed by atoms with Crippen LogP contribution in [0.1, 0.15) is 52.0 Å². The molecule has 0 aliphatic rings. The minimum atomic E-state index is -0.961. The maximum Gasteiger partial charge on any atom is 0.333 e. The van der Waals surface area contributed by atoms with Gasteiger partial charge in [0.2, 0.25) is 0 Å². The van der Waals surface area contributed by atoms with Crippen LogP contribution < -0.4 is 10.1 Å². The summed E-state index contributed by atoms with van der Waals surface area (Å²) in [6.45, 7) is 8.63. The van der Waals surface area contributed by atoms with Crippen molar-refractivity contribution in [3.8, 4) is 5.75 Å². The molecule has 0 saturated heterocycles. The Morgan fingerprint density at radius 2 is 1.79 bits per heavy atom. The minimum Gasteiger partial charge on any atom is -0.492 e. The molecule has 0 spiro atoms. The Balaban J connectivity index is 2.52. The maximum atomic E-state index is 12.3. The first-order chi connectivity index (χ1) is 14.0. The Bertz CT molecular complexity index is 591. The molecule has 7 heteroatoms. The Morgan fingerprint density at radius 3 is 2.38 bits per heavy atom. The second-order valence-corrected chi connectivity index (χ2v) is 6.90. The fourth-order valence-corrected chi connectivity index (χ4v) is 2.84. The number of unbranched alkanes of at least 4 members (excludes halogenated alkanes) is 2. The summed E-state index contributed by atoms with van der Waals surface area (Å²) < 4.78 is 11.0. The van der Waals surface area contributed by atoms with Crippen LogP contribution in [0.25, 0.3) is 0 Å². The van der Waals surface area contributed by atoms with E-state index in [1.54, 1.807) is 11.8 Å². The number of carbonyl (C=O) groups excluding carboxylic acids is 1. The first-order valence-corrected chi connectivity index (χ1v) is 10.6. The first kappa shape index (κ1) is 24.8. The lowest BCUT2D eigenvalue weighted by Crippen LogP contribution is -2.42. The molecular formula is C22H36N2O5. The van der Waals surface area contributed by atoms with Crippen molar-refractivity contribution in [2.75, 3.05) is 32.8 Å². The number of carbonyl (C=O) groups is 2. The molecule has 0 bridgehead atoms. The van der Waals surface area contributed by atoms with Gasteiger partial charge in [0.05, 0.1) is 6.54 Å². The van der Waals surface area contributed by atoms with Gasteiger partial charge in [-0.3, -0.25) is 0 Å². The highest BCUT2D eigenvalue weighted by molar-refractivity contribution is 5.74. The van der Waals surface area contributed by atoms with Crippen LogP contribution in [-0.4, -0.2) is 61.0 Å². The molecule has 1 aromatic carbocycles. The summed E-state index contributed by atoms with van der Waals surface area (Å²) >= 11 is 0. The summed E-state index contributed by atoms with van der Waals surface area (Å²) in [4.78, 5) is 25.3. The van der Waals surface area contributed by atoms with Crippen LogP contribution >= 0.6 is 0 Å². The van der Waals surface area contributed by atoms with E-state index in [1.165, 1.54) is 0 Å². The number of hydrogen-bond donors (Lipinski definition) is 2. The molecule has 0 heterocycles. The van der Waals surface area contributed by atoms with Gasteiger partial charge >= 0.3 is 12.0 Å². The number of aliphatic carboxylic acids is 1. The SMILES string of the molecule is CCCCCN(CCOc1ccc(CC(OCC)C(=O)O)cc1)C(=O)NCCC. The number of nitrogens with zero attached hydrogens (tertiary/aromatic N) is 1. The van der Waals surface area contributed by atoms with E-state index >= 15 is 0 Å². The lowest BCUT2D eigenvalue weighted by Gasteiger charge is -2.23. The van der Waals surface area contributed by atoms with Crippen molar-refractivity contribution in [3.05, 3.63) is 29.8 Å². The highest BCUT2D eigenvalue weighted by Gasteiger charge is 2.18. The summed E-state index contributed by atoms with van der Waals surface area (Å²) in [5, 5.41) is 12.1. The number of carboxylic acid groups (broad SMARTS) is 1. The van der Waals surface area contributed by atoms with Crippen LogP contribution in [-0.2, 0) is 16.0 Å². The van der Waals surface area contributed by atoms with E-state index in [4.69, 9.17) is 9.47 Å². The molecule has 2 N–H and O–H groups in total. The third-order valence-electron chi connectivity index (χ3n) is 4.46. The lowest BCUT2D eigenvalue weighted by atomic mass is 10.1. The number of nitrogens with one attached hydrogen (secondary N) is 1. The fourth-order valence-electron chi connectivity index (χ4n) is 2.84. The van der Waals surface area contributed by atoms with Gasteiger partial charge in [0.25, 0.3) is 0 Å². The number of urea groups is 1. The highest BCUT2D eigenvalue weighted by Crippen LogP contribution is 2.15. The molecule has 164 valence electrons. The molecule has 7 nitrogen and oxygen atoms in total. The van der Waals surface area contributed by atoms with E-state index in [9.17, 15) is 14.7 Å². The van der Waals surface area contributed by atoms with Gasteiger partial charge in [-0.2, -0.15) is 0 Å². The van der Waals surface area contributed by atoms with Crippen molar-refractivity contribution in [2.45, 2.75) is 59.0 Å². The average Bonchev–Trinajstić information content (AvgIpc) is 2.71. The topological polar surface area (TPSA) is 88.1 Å². The van der Waals surface area contributed by atoms with E-state index in [1.807, 2.05) is 31.2 Å². The van der Waals surface area contributed by atoms with E-state index in [-0.39, 0.29) is 6.03 Å². The summed E-state index contributed by atoms with van der Waals surface area (Å²) in [5.41, 5.74) is 0.873. The van der Waals surface area contributed by atoms with E-state index in [0.717, 1.165) is 37.8 Å². The molecule has 1 rings (SSSR count). The summed E-state index contributed by atoms with van der Waals surface area (Å²) in [6.07, 6.45) is 3.56. The zero-order chi connectivity index (χ0) is 21.5. The van der Waals surface area contributed by atoms with Crippen molar-refractivity contribution >= 4 is 12.0 Å². The molecule has 1 atom stereocenters. The van der Waals surface area contributed by atoms with Crippen LogP contribution in [0.15, 0.2) is 24.3 Å². The molecule has 0 aromatic heterocycles. The molecule has 29 heavy (non-hydrogen) atoms. The maximum absolute atomic E-state index is 12.3. The summed E-state index contributed by atoms with van der Waals surface area (Å²) in [5.74, 6) is -0.267. The fraction of sp³-hybridized carbons (Fsp3) is 0.636. The molecule has 1 unspecified atom stereocenters. The Kier molecular flexibility index (Phi) is 12.5. The number of amides is 2. The van der Waals surface area contributed by atoms with Crippen LogP contribution in [0, 0.1) is 0 Å². The standard InChI is InChI=1S/C22H36N2O5/c1-4-7-8-14-24(22(27)23-13-5-2)15-16-29-19-11-9-18(10-12-19)17-20(21(25)26)28-6-3/h9-12,20H,4-8,13-17H2,1-3H3,(H,23,27)(H,25,26). The molecule has 0 fully saturated rings. The molecule has 0 aliphatic heterocycles. The van der Waals surface area contributed by atoms with Crippen LogP contribution in [0.5, 0.6) is 5.75 Å². The quantitative estimate of drug-likeness (QED) is 0.432. The van der Waals surface area contributed by atoms with Gasteiger partial charge in [0.15, 0.2) is 6.10 Å². The normalized spacial score (nSPS) is 11.7. The number of ether oxygens (including phenoxy) is 2. The molecule has 0 saturated carbocycles. The Morgan fingerprint density at radius 1 is 1.07 bits per heavy atom. The first-order valence-electron chi connectivity index (χ1n) is 10.6. The van der Waals surface area contributed by atoms with E-state index in [2.05, 4.69) is 12.2 Å². The second kappa shape index (κ2) is 14.7. The van der Waals surface area contributed by atoms with E-state index in [0.29, 0.717) is 38.5 Å². The van der Waals surface area contributed by atoms with Gasteiger partial charge in [-0.15, -0.1) is 0 Å². The van der Waals surface area contributed by atoms with Crippen LogP contribution in [0.3, 0.4) is 0 Å². The van der Waals surface area contributed by atoms with Gasteiger partial charge in [-0.1, -0.05) is 38.8 Å². The summed E-state index contributed by atoms with van der Waals surface area (Å²) in [6, 6.07) is 7.28. The number of hydrogen-bond acceptors (Lipinski definition) is 4. The number of benzene rings is 1. The zero-order valence-corrected chi connectivity index (χ0v) is 18.0. The van der Waals surface area contributed by atoms with Crippen molar-refractivity contribution in [1.29, 1.82) is 0 Å². The Hall–Kier alpha value is -2.28. The molecule has 0 aliphatic carbocycles. The van der Waals surface area contributed by atoms with Crippen molar-refractivity contribution in [2.24, 2.45) is 0 Å². The monoisotopic (exact) mass is 408 g/mol. The lowest BCUT2D eigenvalue weighted by molar-refractivity contribution is -0.149. The molecule has 1 aromatic rings. The van der Waals surface area contributed by atoms with Gasteiger partial charge in [-0.05, 0) is 37.5 Å². The second-order valence-electron chi connectivity index (χ2n) is 6.90. The predicted molar refractivity (Wildman–Crippen MR) is 113 cm³/mol. The third kappa shape index (κ3) is 10.2. The number of rotatable bonds is 15. The third-order valence-corrected chi connectivity index (χ3v) is 4.46. The van der Waals surface area contributed by atoms with Gasteiger partial charge in [-0.25, -0.2) is 9.59 Å².